The average molecular weight is 380 g/mol. The smallest absolute Gasteiger partial charge is 0.327 e. The predicted octanol–water partition coefficient (Wildman–Crippen LogP) is 2.45. The molecule has 1 spiro atoms. The number of carbonyl (C=O) groups is 3. The maximum atomic E-state index is 13.0. The van der Waals surface area contributed by atoms with Crippen LogP contribution in [0.15, 0.2) is 30.5 Å². The van der Waals surface area contributed by atoms with Gasteiger partial charge in [0.15, 0.2) is 0 Å². The summed E-state index contributed by atoms with van der Waals surface area (Å²) in [5, 5.41) is 0.949. The Labute approximate surface area is 163 Å². The third kappa shape index (κ3) is 2.38. The van der Waals surface area contributed by atoms with E-state index in [1.165, 1.54) is 4.90 Å². The van der Waals surface area contributed by atoms with E-state index in [1.54, 1.807) is 11.1 Å². The Morgan fingerprint density at radius 3 is 2.68 bits per heavy atom. The zero-order valence-electron chi connectivity index (χ0n) is 16.0. The first-order valence-electron chi connectivity index (χ1n) is 10.0. The van der Waals surface area contributed by atoms with Crippen molar-refractivity contribution in [3.05, 3.63) is 36.0 Å². The number of likely N-dealkylation sites (N-methyl/N-ethyl adjacent to an activating group) is 1. The molecule has 1 unspecified atom stereocenters. The standard InChI is InChI=1S/C21H24N4O3/c1-2-24-19(27)17-11-21(13-25(17)20(24)28)7-9-23(10-8-21)18(26)15-12-22-16-6-4-3-5-14(15)16/h3-6,12,17,22H,2,7-11,13H2,1H3. The summed E-state index contributed by atoms with van der Waals surface area (Å²) in [6.07, 6.45) is 4.18. The normalized spacial score (nSPS) is 23.9. The van der Waals surface area contributed by atoms with E-state index in [0.29, 0.717) is 31.7 Å². The molecule has 3 aliphatic rings. The number of nitrogens with one attached hydrogen (secondary N) is 1. The fourth-order valence-corrected chi connectivity index (χ4v) is 5.16. The summed E-state index contributed by atoms with van der Waals surface area (Å²) in [5.74, 6) is -0.00298. The highest BCUT2D eigenvalue weighted by Crippen LogP contribution is 2.46. The number of H-pyrrole nitrogens is 1. The largest absolute Gasteiger partial charge is 0.360 e. The number of fused-ring (bicyclic) bond motifs is 2. The highest BCUT2D eigenvalue weighted by molar-refractivity contribution is 6.07. The lowest BCUT2D eigenvalue weighted by atomic mass is 9.76. The highest BCUT2D eigenvalue weighted by Gasteiger charge is 2.56. The van der Waals surface area contributed by atoms with E-state index in [9.17, 15) is 14.4 Å². The molecule has 1 aromatic carbocycles. The number of imide groups is 1. The molecular formula is C21H24N4O3. The van der Waals surface area contributed by atoms with Crippen LogP contribution in [0.25, 0.3) is 10.9 Å². The van der Waals surface area contributed by atoms with Gasteiger partial charge in [-0.25, -0.2) is 4.79 Å². The molecule has 0 saturated carbocycles. The number of piperidine rings is 1. The molecule has 1 aromatic heterocycles. The van der Waals surface area contributed by atoms with Gasteiger partial charge >= 0.3 is 6.03 Å². The van der Waals surface area contributed by atoms with Gasteiger partial charge in [-0.05, 0) is 37.7 Å². The molecule has 146 valence electrons. The van der Waals surface area contributed by atoms with Gasteiger partial charge in [0.05, 0.1) is 5.56 Å². The van der Waals surface area contributed by atoms with E-state index < -0.39 is 0 Å². The Balaban J connectivity index is 1.29. The quantitative estimate of drug-likeness (QED) is 0.813. The third-order valence-corrected chi connectivity index (χ3v) is 6.78. The molecule has 0 aliphatic carbocycles. The van der Waals surface area contributed by atoms with Crippen LogP contribution < -0.4 is 0 Å². The number of hydrogen-bond donors (Lipinski definition) is 1. The van der Waals surface area contributed by atoms with Crippen LogP contribution in [0.3, 0.4) is 0 Å². The van der Waals surface area contributed by atoms with Crippen LogP contribution in [0.2, 0.25) is 0 Å². The van der Waals surface area contributed by atoms with Crippen LogP contribution in [-0.4, -0.2) is 69.8 Å². The number of likely N-dealkylation sites (tertiary alicyclic amines) is 1. The first-order valence-corrected chi connectivity index (χ1v) is 10.0. The number of benzene rings is 1. The van der Waals surface area contributed by atoms with Gasteiger partial charge in [-0.1, -0.05) is 18.2 Å². The maximum Gasteiger partial charge on any atom is 0.327 e. The number of rotatable bonds is 2. The minimum atomic E-state index is -0.302. The predicted molar refractivity (Wildman–Crippen MR) is 104 cm³/mol. The van der Waals surface area contributed by atoms with Crippen molar-refractivity contribution < 1.29 is 14.4 Å². The molecule has 1 N–H and O–H groups in total. The third-order valence-electron chi connectivity index (χ3n) is 6.78. The van der Waals surface area contributed by atoms with Crippen molar-refractivity contribution in [1.82, 2.24) is 19.7 Å². The van der Waals surface area contributed by atoms with Crippen LogP contribution in [0.1, 0.15) is 36.5 Å². The molecule has 7 heteroatoms. The molecule has 0 radical (unpaired) electrons. The second-order valence-corrected chi connectivity index (χ2v) is 8.25. The van der Waals surface area contributed by atoms with E-state index in [1.807, 2.05) is 36.1 Å². The van der Waals surface area contributed by atoms with Crippen LogP contribution in [-0.2, 0) is 4.79 Å². The molecule has 1 atom stereocenters. The van der Waals surface area contributed by atoms with Gasteiger partial charge in [-0.15, -0.1) is 0 Å². The van der Waals surface area contributed by atoms with Crippen molar-refractivity contribution in [3.63, 3.8) is 0 Å². The van der Waals surface area contributed by atoms with Gasteiger partial charge in [0.25, 0.3) is 11.8 Å². The summed E-state index contributed by atoms with van der Waals surface area (Å²) in [6, 6.07) is 7.38. The van der Waals surface area contributed by atoms with E-state index >= 15 is 0 Å². The molecule has 2 aromatic rings. The summed E-state index contributed by atoms with van der Waals surface area (Å²) in [5.41, 5.74) is 1.64. The van der Waals surface area contributed by atoms with E-state index in [2.05, 4.69) is 4.98 Å². The van der Waals surface area contributed by atoms with Crippen LogP contribution in [0.5, 0.6) is 0 Å². The molecule has 28 heavy (non-hydrogen) atoms. The summed E-state index contributed by atoms with van der Waals surface area (Å²) in [6.45, 7) is 4.23. The molecule has 3 aliphatic heterocycles. The number of hydrogen-bond acceptors (Lipinski definition) is 3. The first-order chi connectivity index (χ1) is 13.5. The number of aromatic nitrogens is 1. The van der Waals surface area contributed by atoms with Gasteiger partial charge in [0.2, 0.25) is 0 Å². The Hall–Kier alpha value is -2.83. The number of nitrogens with zero attached hydrogens (tertiary/aromatic N) is 3. The monoisotopic (exact) mass is 380 g/mol. The number of para-hydroxylation sites is 1. The summed E-state index contributed by atoms with van der Waals surface area (Å²) < 4.78 is 0. The van der Waals surface area contributed by atoms with Crippen LogP contribution in [0.4, 0.5) is 4.79 Å². The first kappa shape index (κ1) is 17.3. The lowest BCUT2D eigenvalue weighted by molar-refractivity contribution is -0.128. The fraction of sp³-hybridized carbons (Fsp3) is 0.476. The van der Waals surface area contributed by atoms with Gasteiger partial charge in [-0.3, -0.25) is 14.5 Å². The molecule has 4 heterocycles. The number of carbonyl (C=O) groups excluding carboxylic acids is 3. The topological polar surface area (TPSA) is 76.7 Å². The van der Waals surface area contributed by atoms with Crippen LogP contribution >= 0.6 is 0 Å². The lowest BCUT2D eigenvalue weighted by Crippen LogP contribution is -2.45. The minimum Gasteiger partial charge on any atom is -0.360 e. The van der Waals surface area contributed by atoms with E-state index in [0.717, 1.165) is 30.2 Å². The Morgan fingerprint density at radius 2 is 1.96 bits per heavy atom. The average Bonchev–Trinajstić information content (AvgIpc) is 3.35. The zero-order valence-corrected chi connectivity index (χ0v) is 16.0. The lowest BCUT2D eigenvalue weighted by Gasteiger charge is -2.39. The molecule has 3 saturated heterocycles. The van der Waals surface area contributed by atoms with Gasteiger partial charge in [0, 0.05) is 43.3 Å². The Bertz CT molecular complexity index is 947. The molecule has 3 fully saturated rings. The SMILES string of the molecule is CCN1C(=O)C2CC3(CCN(C(=O)c4c[nH]c5ccccc45)CC3)CN2C1=O. The van der Waals surface area contributed by atoms with Crippen LogP contribution in [0, 0.1) is 5.41 Å². The number of urea groups is 1. The van der Waals surface area contributed by atoms with E-state index in [4.69, 9.17) is 0 Å². The highest BCUT2D eigenvalue weighted by atomic mass is 16.2. The molecular weight excluding hydrogens is 356 g/mol. The van der Waals surface area contributed by atoms with Crippen molar-refractivity contribution in [2.75, 3.05) is 26.2 Å². The van der Waals surface area contributed by atoms with Crippen molar-refractivity contribution in [2.24, 2.45) is 5.41 Å². The van der Waals surface area contributed by atoms with Crippen molar-refractivity contribution in [2.45, 2.75) is 32.2 Å². The molecule has 4 amide bonds. The second kappa shape index (κ2) is 6.09. The van der Waals surface area contributed by atoms with Crippen molar-refractivity contribution in [3.8, 4) is 0 Å². The second-order valence-electron chi connectivity index (χ2n) is 8.25. The maximum absolute atomic E-state index is 13.0. The molecule has 5 rings (SSSR count). The number of amides is 4. The Morgan fingerprint density at radius 1 is 1.21 bits per heavy atom. The summed E-state index contributed by atoms with van der Waals surface area (Å²) >= 11 is 0. The van der Waals surface area contributed by atoms with Crippen molar-refractivity contribution in [1.29, 1.82) is 0 Å². The van der Waals surface area contributed by atoms with Gasteiger partial charge in [0.1, 0.15) is 6.04 Å². The van der Waals surface area contributed by atoms with Gasteiger partial charge in [-0.2, -0.15) is 0 Å². The van der Waals surface area contributed by atoms with Gasteiger partial charge < -0.3 is 14.8 Å². The summed E-state index contributed by atoms with van der Waals surface area (Å²) in [4.78, 5) is 46.2. The molecule has 0 bridgehead atoms. The fourth-order valence-electron chi connectivity index (χ4n) is 5.16. The summed E-state index contributed by atoms with van der Waals surface area (Å²) in [7, 11) is 0. The Kier molecular flexibility index (Phi) is 3.76. The zero-order chi connectivity index (χ0) is 19.5. The minimum absolute atomic E-state index is 0.0349. The number of aromatic amines is 1. The van der Waals surface area contributed by atoms with E-state index in [-0.39, 0.29) is 29.3 Å². The molecule has 7 nitrogen and oxygen atoms in total. The van der Waals surface area contributed by atoms with Crippen molar-refractivity contribution >= 4 is 28.7 Å².